The highest BCUT2D eigenvalue weighted by molar-refractivity contribution is 6.31. The van der Waals surface area contributed by atoms with Gasteiger partial charge in [-0.3, -0.25) is 0 Å². The van der Waals surface area contributed by atoms with E-state index in [0.29, 0.717) is 40.6 Å². The number of hydrogen-bond acceptors (Lipinski definition) is 6. The number of nitrogens with two attached hydrogens (primary N) is 1. The predicted molar refractivity (Wildman–Crippen MR) is 130 cm³/mol. The number of nitrogens with one attached hydrogen (secondary N) is 1. The molecule has 0 saturated carbocycles. The van der Waals surface area contributed by atoms with Gasteiger partial charge >= 0.3 is 0 Å². The lowest BCUT2D eigenvalue weighted by Crippen LogP contribution is -2.33. The Labute approximate surface area is 196 Å². The summed E-state index contributed by atoms with van der Waals surface area (Å²) in [4.78, 5) is 11.8. The second-order valence-electron chi connectivity index (χ2n) is 8.18. The molecule has 0 spiro atoms. The van der Waals surface area contributed by atoms with E-state index in [9.17, 15) is 4.39 Å². The maximum Gasteiger partial charge on any atom is 0.225 e. The number of likely N-dealkylation sites (tertiary alicyclic amines) is 1. The van der Waals surface area contributed by atoms with Crippen LogP contribution in [0.15, 0.2) is 48.5 Å². The molecule has 3 heterocycles. The molecule has 0 unspecified atom stereocenters. The quantitative estimate of drug-likeness (QED) is 0.427. The third-order valence-corrected chi connectivity index (χ3v) is 6.21. The molecule has 0 amide bonds. The summed E-state index contributed by atoms with van der Waals surface area (Å²) in [5.41, 5.74) is 8.99. The van der Waals surface area contributed by atoms with Crippen LogP contribution < -0.4 is 11.1 Å². The van der Waals surface area contributed by atoms with Gasteiger partial charge in [-0.1, -0.05) is 36.2 Å². The zero-order chi connectivity index (χ0) is 22.8. The molecule has 0 aliphatic carbocycles. The van der Waals surface area contributed by atoms with E-state index in [1.54, 1.807) is 16.8 Å². The molecule has 1 aliphatic rings. The van der Waals surface area contributed by atoms with Gasteiger partial charge in [0.05, 0.1) is 21.8 Å². The molecule has 2 aromatic carbocycles. The van der Waals surface area contributed by atoms with E-state index < -0.39 is 5.82 Å². The lowest BCUT2D eigenvalue weighted by Gasteiger charge is -2.26. The topological polar surface area (TPSA) is 84.9 Å². The average Bonchev–Trinajstić information content (AvgIpc) is 3.18. The minimum absolute atomic E-state index is 0.0212. The SMILES string of the molecule is Nc1c2c(-c3ccc(F)c(Cl)c3)nc(NCCN3CCCCC3)nc2nn1-c1ccccc1. The number of hydrogen-bond donors (Lipinski definition) is 2. The van der Waals surface area contributed by atoms with E-state index in [1.807, 2.05) is 30.3 Å². The second-order valence-corrected chi connectivity index (χ2v) is 8.59. The van der Waals surface area contributed by atoms with E-state index >= 15 is 0 Å². The first-order chi connectivity index (χ1) is 16.1. The monoisotopic (exact) mass is 465 g/mol. The molecule has 9 heteroatoms. The van der Waals surface area contributed by atoms with Crippen molar-refractivity contribution < 1.29 is 4.39 Å². The largest absolute Gasteiger partial charge is 0.383 e. The van der Waals surface area contributed by atoms with Gasteiger partial charge in [0.25, 0.3) is 0 Å². The van der Waals surface area contributed by atoms with Crippen molar-refractivity contribution in [1.29, 1.82) is 0 Å². The Hall–Kier alpha value is -3.23. The molecular weight excluding hydrogens is 441 g/mol. The highest BCUT2D eigenvalue weighted by Gasteiger charge is 2.20. The third kappa shape index (κ3) is 4.49. The summed E-state index contributed by atoms with van der Waals surface area (Å²) in [7, 11) is 0. The van der Waals surface area contributed by atoms with Crippen LogP contribution in [0.25, 0.3) is 28.0 Å². The molecule has 0 radical (unpaired) electrons. The number of fused-ring (bicyclic) bond motifs is 1. The van der Waals surface area contributed by atoms with E-state index in [1.165, 1.54) is 25.3 Å². The van der Waals surface area contributed by atoms with Gasteiger partial charge in [0.1, 0.15) is 11.6 Å². The molecule has 7 nitrogen and oxygen atoms in total. The van der Waals surface area contributed by atoms with E-state index in [0.717, 1.165) is 25.3 Å². The number of nitrogens with zero attached hydrogens (tertiary/aromatic N) is 5. The Morgan fingerprint density at radius 1 is 1.03 bits per heavy atom. The van der Waals surface area contributed by atoms with E-state index in [4.69, 9.17) is 22.3 Å². The van der Waals surface area contributed by atoms with Crippen molar-refractivity contribution in [3.8, 4) is 16.9 Å². The number of piperidine rings is 1. The molecular formula is C24H25ClFN7. The second kappa shape index (κ2) is 9.33. The number of rotatable bonds is 6. The summed E-state index contributed by atoms with van der Waals surface area (Å²) in [6.07, 6.45) is 3.79. The molecule has 5 rings (SSSR count). The van der Waals surface area contributed by atoms with Crippen molar-refractivity contribution in [2.75, 3.05) is 37.2 Å². The molecule has 1 saturated heterocycles. The Kier molecular flexibility index (Phi) is 6.11. The Morgan fingerprint density at radius 2 is 1.82 bits per heavy atom. The Balaban J connectivity index is 1.55. The van der Waals surface area contributed by atoms with Gasteiger partial charge in [0.15, 0.2) is 5.65 Å². The van der Waals surface area contributed by atoms with Gasteiger partial charge in [-0.15, -0.1) is 5.10 Å². The molecule has 4 aromatic rings. The Morgan fingerprint density at radius 3 is 2.58 bits per heavy atom. The van der Waals surface area contributed by atoms with Gasteiger partial charge in [-0.2, -0.15) is 4.98 Å². The van der Waals surface area contributed by atoms with E-state index in [2.05, 4.69) is 20.3 Å². The molecule has 0 bridgehead atoms. The van der Waals surface area contributed by atoms with Crippen LogP contribution in [-0.2, 0) is 0 Å². The normalized spacial score (nSPS) is 14.6. The van der Waals surface area contributed by atoms with Crippen LogP contribution in [0, 0.1) is 5.82 Å². The minimum Gasteiger partial charge on any atom is -0.383 e. The lowest BCUT2D eigenvalue weighted by atomic mass is 10.1. The molecule has 1 fully saturated rings. The first-order valence-corrected chi connectivity index (χ1v) is 11.5. The molecule has 33 heavy (non-hydrogen) atoms. The maximum absolute atomic E-state index is 13.8. The smallest absolute Gasteiger partial charge is 0.225 e. The minimum atomic E-state index is -0.487. The maximum atomic E-state index is 13.8. The molecule has 2 aromatic heterocycles. The highest BCUT2D eigenvalue weighted by atomic mass is 35.5. The van der Waals surface area contributed by atoms with E-state index in [-0.39, 0.29) is 5.02 Å². The number of benzene rings is 2. The van der Waals surface area contributed by atoms with Crippen molar-refractivity contribution in [2.24, 2.45) is 0 Å². The van der Waals surface area contributed by atoms with Crippen LogP contribution in [0.1, 0.15) is 19.3 Å². The average molecular weight is 466 g/mol. The van der Waals surface area contributed by atoms with Crippen LogP contribution in [0.4, 0.5) is 16.2 Å². The number of anilines is 2. The van der Waals surface area contributed by atoms with Crippen molar-refractivity contribution in [3.63, 3.8) is 0 Å². The third-order valence-electron chi connectivity index (χ3n) is 5.92. The first kappa shape index (κ1) is 21.6. The molecule has 1 aliphatic heterocycles. The molecule has 170 valence electrons. The van der Waals surface area contributed by atoms with Crippen molar-refractivity contribution in [3.05, 3.63) is 59.4 Å². The lowest BCUT2D eigenvalue weighted by molar-refractivity contribution is 0.237. The molecule has 3 N–H and O–H groups in total. The van der Waals surface area contributed by atoms with Crippen molar-refractivity contribution >= 4 is 34.4 Å². The number of nitrogen functional groups attached to an aromatic ring is 1. The standard InChI is InChI=1S/C24H25ClFN7/c25-18-15-16(9-10-19(18)26)21-20-22(27)33(17-7-3-1-4-8-17)31-23(20)30-24(29-21)28-11-14-32-12-5-2-6-13-32/h1,3-4,7-10,15H,2,5-6,11-14,27H2,(H,28,30,31). The summed E-state index contributed by atoms with van der Waals surface area (Å²) in [6, 6.07) is 14.1. The highest BCUT2D eigenvalue weighted by Crippen LogP contribution is 2.34. The fraction of sp³-hybridized carbons (Fsp3) is 0.292. The summed E-state index contributed by atoms with van der Waals surface area (Å²) >= 11 is 6.07. The van der Waals surface area contributed by atoms with Crippen LogP contribution in [0.3, 0.4) is 0 Å². The number of para-hydroxylation sites is 1. The van der Waals surface area contributed by atoms with Gasteiger partial charge < -0.3 is 16.0 Å². The summed E-state index contributed by atoms with van der Waals surface area (Å²) in [6.45, 7) is 3.88. The Bertz CT molecular complexity index is 1270. The van der Waals surface area contributed by atoms with Crippen LogP contribution in [-0.4, -0.2) is 50.8 Å². The summed E-state index contributed by atoms with van der Waals surface area (Å²) in [5.74, 6) is 0.373. The predicted octanol–water partition coefficient (Wildman–Crippen LogP) is 4.76. The van der Waals surface area contributed by atoms with Gasteiger partial charge in [0.2, 0.25) is 5.95 Å². The van der Waals surface area contributed by atoms with Crippen LogP contribution in [0.2, 0.25) is 5.02 Å². The van der Waals surface area contributed by atoms with Gasteiger partial charge in [-0.25, -0.2) is 14.1 Å². The first-order valence-electron chi connectivity index (χ1n) is 11.1. The molecule has 0 atom stereocenters. The number of aromatic nitrogens is 4. The van der Waals surface area contributed by atoms with Gasteiger partial charge in [-0.05, 0) is 56.3 Å². The zero-order valence-electron chi connectivity index (χ0n) is 18.1. The van der Waals surface area contributed by atoms with Crippen LogP contribution >= 0.6 is 11.6 Å². The van der Waals surface area contributed by atoms with Gasteiger partial charge in [0, 0.05) is 18.7 Å². The van der Waals surface area contributed by atoms with Crippen molar-refractivity contribution in [1.82, 2.24) is 24.6 Å². The summed E-state index contributed by atoms with van der Waals surface area (Å²) < 4.78 is 15.5. The fourth-order valence-corrected chi connectivity index (χ4v) is 4.40. The number of halogens is 2. The van der Waals surface area contributed by atoms with Crippen molar-refractivity contribution in [2.45, 2.75) is 19.3 Å². The van der Waals surface area contributed by atoms with Crippen LogP contribution in [0.5, 0.6) is 0 Å². The fourth-order valence-electron chi connectivity index (χ4n) is 4.22. The zero-order valence-corrected chi connectivity index (χ0v) is 18.9. The summed E-state index contributed by atoms with van der Waals surface area (Å²) in [5, 5.41) is 8.60.